The molecule has 1 saturated carbocycles. The number of morpholine rings is 1. The number of ether oxygens (including phenoxy) is 1. The molecular weight excluding hydrogens is 276 g/mol. The third-order valence-electron chi connectivity index (χ3n) is 5.08. The number of para-hydroxylation sites is 1. The molecule has 4 nitrogen and oxygen atoms in total. The maximum atomic E-state index is 12.8. The molecule has 2 aliphatic rings. The number of ketones is 1. The second kappa shape index (κ2) is 5.86. The van der Waals surface area contributed by atoms with Gasteiger partial charge in [-0.25, -0.2) is 0 Å². The summed E-state index contributed by atoms with van der Waals surface area (Å²) in [6.45, 7) is 2.13. The van der Waals surface area contributed by atoms with Crippen molar-refractivity contribution in [3.8, 4) is 0 Å². The molecule has 1 aliphatic carbocycles. The first kappa shape index (κ1) is 14.0. The molecule has 22 heavy (non-hydrogen) atoms. The van der Waals surface area contributed by atoms with Gasteiger partial charge < -0.3 is 9.72 Å². The van der Waals surface area contributed by atoms with Crippen LogP contribution in [0.15, 0.2) is 30.5 Å². The Bertz CT molecular complexity index is 677. The largest absolute Gasteiger partial charge is 0.375 e. The Kier molecular flexibility index (Phi) is 3.72. The lowest BCUT2D eigenvalue weighted by Gasteiger charge is -2.43. The fourth-order valence-electron chi connectivity index (χ4n) is 3.94. The lowest BCUT2D eigenvalue weighted by molar-refractivity contribution is -0.0846. The average molecular weight is 298 g/mol. The molecule has 1 aromatic heterocycles. The van der Waals surface area contributed by atoms with E-state index in [0.29, 0.717) is 18.7 Å². The topological polar surface area (TPSA) is 45.3 Å². The number of carbonyl (C=O) groups is 1. The van der Waals surface area contributed by atoms with Crippen molar-refractivity contribution in [1.82, 2.24) is 9.88 Å². The van der Waals surface area contributed by atoms with Crippen LogP contribution in [-0.2, 0) is 4.74 Å². The number of nitrogens with one attached hydrogen (secondary N) is 1. The molecule has 2 heterocycles. The minimum absolute atomic E-state index is 0.212. The Morgan fingerprint density at radius 1 is 1.27 bits per heavy atom. The number of aromatic amines is 1. The van der Waals surface area contributed by atoms with E-state index in [1.165, 1.54) is 12.8 Å². The van der Waals surface area contributed by atoms with Crippen LogP contribution in [0.5, 0.6) is 0 Å². The molecule has 116 valence electrons. The highest BCUT2D eigenvalue weighted by Crippen LogP contribution is 2.29. The van der Waals surface area contributed by atoms with Crippen LogP contribution in [0.2, 0.25) is 0 Å². The van der Waals surface area contributed by atoms with Crippen LogP contribution in [-0.4, -0.2) is 47.5 Å². The summed E-state index contributed by atoms with van der Waals surface area (Å²) in [7, 11) is 0. The average Bonchev–Trinajstić information content (AvgIpc) is 2.99. The van der Waals surface area contributed by atoms with Crippen molar-refractivity contribution >= 4 is 16.7 Å². The van der Waals surface area contributed by atoms with Gasteiger partial charge in [-0.05, 0) is 18.9 Å². The molecular formula is C18H22N2O2. The molecule has 1 aromatic carbocycles. The first-order valence-electron chi connectivity index (χ1n) is 8.28. The molecule has 2 atom stereocenters. The van der Waals surface area contributed by atoms with Gasteiger partial charge in [-0.3, -0.25) is 9.69 Å². The highest BCUT2D eigenvalue weighted by molar-refractivity contribution is 6.08. The number of fused-ring (bicyclic) bond motifs is 2. The molecule has 1 aliphatic heterocycles. The third-order valence-corrected chi connectivity index (χ3v) is 5.08. The quantitative estimate of drug-likeness (QED) is 0.886. The highest BCUT2D eigenvalue weighted by atomic mass is 16.5. The fourth-order valence-corrected chi connectivity index (χ4v) is 3.94. The number of Topliss-reactive ketones (excluding diaryl/α,β-unsaturated/α-hetero) is 1. The summed E-state index contributed by atoms with van der Waals surface area (Å²) >= 11 is 0. The smallest absolute Gasteiger partial charge is 0.178 e. The van der Waals surface area contributed by atoms with E-state index < -0.39 is 0 Å². The van der Waals surface area contributed by atoms with Crippen molar-refractivity contribution in [3.05, 3.63) is 36.0 Å². The van der Waals surface area contributed by atoms with E-state index in [0.717, 1.165) is 42.5 Å². The maximum Gasteiger partial charge on any atom is 0.178 e. The van der Waals surface area contributed by atoms with E-state index in [1.54, 1.807) is 0 Å². The van der Waals surface area contributed by atoms with Crippen LogP contribution >= 0.6 is 0 Å². The van der Waals surface area contributed by atoms with Gasteiger partial charge in [0.1, 0.15) is 0 Å². The van der Waals surface area contributed by atoms with Crippen molar-refractivity contribution in [2.45, 2.75) is 37.8 Å². The van der Waals surface area contributed by atoms with Gasteiger partial charge in [0.15, 0.2) is 5.78 Å². The van der Waals surface area contributed by atoms with Crippen molar-refractivity contribution in [2.24, 2.45) is 0 Å². The van der Waals surface area contributed by atoms with Gasteiger partial charge in [-0.1, -0.05) is 31.0 Å². The molecule has 0 bridgehead atoms. The standard InChI is InChI=1S/C18H22N2O2/c21-17(14-11-19-15-6-2-1-5-13(14)15)12-20-9-10-22-18-8-4-3-7-16(18)20/h1-2,5-6,11,16,18-19H,3-4,7-10,12H2/t16-,18-/m1/s1. The number of aromatic nitrogens is 1. The van der Waals surface area contributed by atoms with Gasteiger partial charge in [0.2, 0.25) is 0 Å². The van der Waals surface area contributed by atoms with Gasteiger partial charge in [0, 0.05) is 35.2 Å². The molecule has 0 spiro atoms. The summed E-state index contributed by atoms with van der Waals surface area (Å²) < 4.78 is 5.90. The van der Waals surface area contributed by atoms with Crippen LogP contribution < -0.4 is 0 Å². The van der Waals surface area contributed by atoms with Crippen LogP contribution in [0.4, 0.5) is 0 Å². The van der Waals surface area contributed by atoms with Crippen LogP contribution in [0.3, 0.4) is 0 Å². The predicted molar refractivity (Wildman–Crippen MR) is 86.2 cm³/mol. The Morgan fingerprint density at radius 3 is 3.09 bits per heavy atom. The number of nitrogens with zero attached hydrogens (tertiary/aromatic N) is 1. The zero-order valence-corrected chi connectivity index (χ0v) is 12.8. The predicted octanol–water partition coefficient (Wildman–Crippen LogP) is 2.99. The van der Waals surface area contributed by atoms with Gasteiger partial charge in [0.05, 0.1) is 19.3 Å². The Labute approximate surface area is 130 Å². The summed E-state index contributed by atoms with van der Waals surface area (Å²) in [5.74, 6) is 0.212. The minimum atomic E-state index is 0.212. The van der Waals surface area contributed by atoms with Crippen molar-refractivity contribution < 1.29 is 9.53 Å². The minimum Gasteiger partial charge on any atom is -0.375 e. The molecule has 1 N–H and O–H groups in total. The zero-order valence-electron chi connectivity index (χ0n) is 12.8. The number of rotatable bonds is 3. The van der Waals surface area contributed by atoms with E-state index in [4.69, 9.17) is 4.74 Å². The van der Waals surface area contributed by atoms with Gasteiger partial charge in [-0.2, -0.15) is 0 Å². The first-order chi connectivity index (χ1) is 10.8. The first-order valence-corrected chi connectivity index (χ1v) is 8.28. The van der Waals surface area contributed by atoms with Crippen LogP contribution in [0.25, 0.3) is 10.9 Å². The number of H-pyrrole nitrogens is 1. The molecule has 0 amide bonds. The summed E-state index contributed by atoms with van der Waals surface area (Å²) in [4.78, 5) is 18.3. The third kappa shape index (κ3) is 2.46. The zero-order chi connectivity index (χ0) is 14.9. The fraction of sp³-hybridized carbons (Fsp3) is 0.500. The van der Waals surface area contributed by atoms with Crippen molar-refractivity contribution in [2.75, 3.05) is 19.7 Å². The number of carbonyl (C=O) groups excluding carboxylic acids is 1. The molecule has 1 saturated heterocycles. The molecule has 4 rings (SSSR count). The summed E-state index contributed by atoms with van der Waals surface area (Å²) in [6, 6.07) is 8.43. The second-order valence-electron chi connectivity index (χ2n) is 6.40. The van der Waals surface area contributed by atoms with E-state index in [1.807, 2.05) is 30.5 Å². The SMILES string of the molecule is O=C(CN1CCO[C@@H]2CCCC[C@H]21)c1c[nH]c2ccccc12. The van der Waals surface area contributed by atoms with Crippen molar-refractivity contribution in [1.29, 1.82) is 0 Å². The lowest BCUT2D eigenvalue weighted by Crippen LogP contribution is -2.53. The van der Waals surface area contributed by atoms with Crippen molar-refractivity contribution in [3.63, 3.8) is 0 Å². The number of hydrogen-bond donors (Lipinski definition) is 1. The van der Waals surface area contributed by atoms with E-state index >= 15 is 0 Å². The van der Waals surface area contributed by atoms with Gasteiger partial charge >= 0.3 is 0 Å². The van der Waals surface area contributed by atoms with Crippen LogP contribution in [0.1, 0.15) is 36.0 Å². The van der Waals surface area contributed by atoms with Gasteiger partial charge in [0.25, 0.3) is 0 Å². The molecule has 0 radical (unpaired) electrons. The molecule has 2 fully saturated rings. The summed E-state index contributed by atoms with van der Waals surface area (Å²) in [6.07, 6.45) is 6.99. The highest BCUT2D eigenvalue weighted by Gasteiger charge is 2.35. The number of benzene rings is 1. The van der Waals surface area contributed by atoms with Gasteiger partial charge in [-0.15, -0.1) is 0 Å². The monoisotopic (exact) mass is 298 g/mol. The Hall–Kier alpha value is -1.65. The summed E-state index contributed by atoms with van der Waals surface area (Å²) in [5.41, 5.74) is 1.85. The Balaban J connectivity index is 1.53. The van der Waals surface area contributed by atoms with E-state index in [-0.39, 0.29) is 5.78 Å². The lowest BCUT2D eigenvalue weighted by atomic mass is 9.90. The van der Waals surface area contributed by atoms with E-state index in [2.05, 4.69) is 9.88 Å². The molecule has 0 unspecified atom stereocenters. The second-order valence-corrected chi connectivity index (χ2v) is 6.40. The molecule has 2 aromatic rings. The van der Waals surface area contributed by atoms with E-state index in [9.17, 15) is 4.79 Å². The molecule has 4 heteroatoms. The normalized spacial score (nSPS) is 26.0. The van der Waals surface area contributed by atoms with Crippen LogP contribution in [0, 0.1) is 0 Å². The maximum absolute atomic E-state index is 12.8. The summed E-state index contributed by atoms with van der Waals surface area (Å²) in [5, 5.41) is 1.03. The number of hydrogen-bond acceptors (Lipinski definition) is 3. The Morgan fingerprint density at radius 2 is 2.14 bits per heavy atom.